The van der Waals surface area contributed by atoms with Crippen LogP contribution in [0.3, 0.4) is 0 Å². The minimum atomic E-state index is -0.509. The van der Waals surface area contributed by atoms with Crippen molar-refractivity contribution in [3.8, 4) is 28.3 Å². The van der Waals surface area contributed by atoms with Crippen LogP contribution in [0.15, 0.2) is 79.0 Å². The molecule has 0 aliphatic rings. The first-order chi connectivity index (χ1) is 17.7. The van der Waals surface area contributed by atoms with Gasteiger partial charge in [-0.2, -0.15) is 5.10 Å². The number of methoxy groups -OCH3 is 2. The van der Waals surface area contributed by atoms with Crippen molar-refractivity contribution in [2.75, 3.05) is 24.9 Å². The molecular weight excluding hydrogens is 468 g/mol. The molecule has 0 bridgehead atoms. The van der Waals surface area contributed by atoms with E-state index in [0.29, 0.717) is 28.4 Å². The number of amides is 2. The van der Waals surface area contributed by atoms with Gasteiger partial charge in [0.05, 0.1) is 19.9 Å². The second kappa shape index (κ2) is 10.6. The summed E-state index contributed by atoms with van der Waals surface area (Å²) in [6.07, 6.45) is 1.82. The van der Waals surface area contributed by atoms with E-state index in [1.165, 1.54) is 0 Å². The molecule has 0 fully saturated rings. The average molecular weight is 499 g/mol. The summed E-state index contributed by atoms with van der Waals surface area (Å²) >= 11 is 0. The summed E-state index contributed by atoms with van der Waals surface area (Å²) in [5.74, 6) is 0.680. The van der Waals surface area contributed by atoms with Crippen molar-refractivity contribution in [3.63, 3.8) is 0 Å². The summed E-state index contributed by atoms with van der Waals surface area (Å²) in [6, 6.07) is 22.0. The van der Waals surface area contributed by atoms with Crippen LogP contribution in [-0.4, -0.2) is 35.8 Å². The minimum Gasteiger partial charge on any atom is -0.493 e. The van der Waals surface area contributed by atoms with Crippen LogP contribution in [0.25, 0.3) is 16.8 Å². The van der Waals surface area contributed by atoms with Gasteiger partial charge >= 0.3 is 0 Å². The molecule has 0 saturated heterocycles. The Hall–Kier alpha value is -4.59. The van der Waals surface area contributed by atoms with Crippen LogP contribution in [0, 0.1) is 5.41 Å². The Morgan fingerprint density at radius 1 is 0.811 bits per heavy atom. The molecular formula is C29H30N4O4. The van der Waals surface area contributed by atoms with Crippen LogP contribution in [0.4, 0.5) is 11.4 Å². The molecule has 2 amide bonds. The lowest BCUT2D eigenvalue weighted by atomic mass is 9.95. The molecule has 2 N–H and O–H groups in total. The van der Waals surface area contributed by atoms with Gasteiger partial charge in [-0.1, -0.05) is 45.0 Å². The van der Waals surface area contributed by atoms with E-state index in [4.69, 9.17) is 9.47 Å². The first kappa shape index (κ1) is 25.5. The second-order valence-electron chi connectivity index (χ2n) is 9.48. The number of rotatable bonds is 7. The van der Waals surface area contributed by atoms with Gasteiger partial charge in [-0.15, -0.1) is 0 Å². The zero-order valence-corrected chi connectivity index (χ0v) is 21.5. The highest BCUT2D eigenvalue weighted by Crippen LogP contribution is 2.34. The number of nitrogens with one attached hydrogen (secondary N) is 2. The predicted molar refractivity (Wildman–Crippen MR) is 145 cm³/mol. The van der Waals surface area contributed by atoms with E-state index in [1.54, 1.807) is 49.2 Å². The fraction of sp³-hybridized carbons (Fsp3) is 0.207. The standard InChI is InChI=1S/C29H30N4O4/c1-29(2,3)28(35)31-21-14-12-20(13-15-21)30-27(34)26-23(18-33(32-26)22-9-7-6-8-10-22)19-11-16-24(36-4)25(17-19)37-5/h6-18H,1-5H3,(H,30,34)(H,31,35). The number of benzene rings is 3. The molecule has 8 heteroatoms. The molecule has 190 valence electrons. The molecule has 1 aromatic heterocycles. The SMILES string of the molecule is COc1ccc(-c2cn(-c3ccccc3)nc2C(=O)Nc2ccc(NC(=O)C(C)(C)C)cc2)cc1OC. The maximum Gasteiger partial charge on any atom is 0.276 e. The smallest absolute Gasteiger partial charge is 0.276 e. The third kappa shape index (κ3) is 5.81. The van der Waals surface area contributed by atoms with Gasteiger partial charge in [0.15, 0.2) is 17.2 Å². The molecule has 4 rings (SSSR count). The topological polar surface area (TPSA) is 94.5 Å². The Labute approximate surface area is 216 Å². The maximum absolute atomic E-state index is 13.4. The lowest BCUT2D eigenvalue weighted by Gasteiger charge is -2.17. The second-order valence-corrected chi connectivity index (χ2v) is 9.48. The van der Waals surface area contributed by atoms with Crippen molar-refractivity contribution in [2.24, 2.45) is 5.41 Å². The van der Waals surface area contributed by atoms with Gasteiger partial charge in [-0.25, -0.2) is 4.68 Å². The third-order valence-electron chi connectivity index (χ3n) is 5.73. The van der Waals surface area contributed by atoms with E-state index >= 15 is 0 Å². The fourth-order valence-corrected chi connectivity index (χ4v) is 3.62. The molecule has 0 aliphatic heterocycles. The van der Waals surface area contributed by atoms with E-state index in [9.17, 15) is 9.59 Å². The molecule has 0 radical (unpaired) electrons. The minimum absolute atomic E-state index is 0.0877. The summed E-state index contributed by atoms with van der Waals surface area (Å²) in [7, 11) is 3.14. The van der Waals surface area contributed by atoms with Crippen LogP contribution in [0.5, 0.6) is 11.5 Å². The highest BCUT2D eigenvalue weighted by molar-refractivity contribution is 6.07. The zero-order chi connectivity index (χ0) is 26.6. The monoisotopic (exact) mass is 498 g/mol. The lowest BCUT2D eigenvalue weighted by molar-refractivity contribution is -0.123. The van der Waals surface area contributed by atoms with Gasteiger partial charge in [0.2, 0.25) is 5.91 Å². The molecule has 8 nitrogen and oxygen atoms in total. The van der Waals surface area contributed by atoms with Gasteiger partial charge < -0.3 is 20.1 Å². The van der Waals surface area contributed by atoms with E-state index in [0.717, 1.165) is 11.3 Å². The molecule has 1 heterocycles. The van der Waals surface area contributed by atoms with Gasteiger partial charge in [-0.3, -0.25) is 9.59 Å². The van der Waals surface area contributed by atoms with Crippen LogP contribution < -0.4 is 20.1 Å². The molecule has 0 aliphatic carbocycles. The first-order valence-corrected chi connectivity index (χ1v) is 11.8. The molecule has 0 unspecified atom stereocenters. The Kier molecular flexibility index (Phi) is 7.29. The zero-order valence-electron chi connectivity index (χ0n) is 21.5. The van der Waals surface area contributed by atoms with Crippen LogP contribution in [0.2, 0.25) is 0 Å². The van der Waals surface area contributed by atoms with Crippen molar-refractivity contribution in [1.82, 2.24) is 9.78 Å². The van der Waals surface area contributed by atoms with Crippen LogP contribution >= 0.6 is 0 Å². The van der Waals surface area contributed by atoms with Crippen molar-refractivity contribution in [1.29, 1.82) is 0 Å². The van der Waals surface area contributed by atoms with Crippen LogP contribution in [-0.2, 0) is 4.79 Å². The normalized spacial score (nSPS) is 11.1. The van der Waals surface area contributed by atoms with Crippen molar-refractivity contribution in [3.05, 3.63) is 84.7 Å². The Balaban J connectivity index is 1.65. The van der Waals surface area contributed by atoms with Gasteiger partial charge in [0, 0.05) is 28.6 Å². The largest absolute Gasteiger partial charge is 0.493 e. The average Bonchev–Trinajstić information content (AvgIpc) is 3.35. The summed E-state index contributed by atoms with van der Waals surface area (Å²) in [6.45, 7) is 5.55. The van der Waals surface area contributed by atoms with E-state index in [-0.39, 0.29) is 17.5 Å². The fourth-order valence-electron chi connectivity index (χ4n) is 3.62. The molecule has 0 spiro atoms. The number of carbonyl (C=O) groups is 2. The van der Waals surface area contributed by atoms with Gasteiger partial charge in [0.1, 0.15) is 0 Å². The molecule has 0 atom stereocenters. The Morgan fingerprint density at radius 2 is 1.43 bits per heavy atom. The number of nitrogens with zero attached hydrogens (tertiary/aromatic N) is 2. The third-order valence-corrected chi connectivity index (χ3v) is 5.73. The Morgan fingerprint density at radius 3 is 2.03 bits per heavy atom. The van der Waals surface area contributed by atoms with Gasteiger partial charge in [-0.05, 0) is 54.1 Å². The van der Waals surface area contributed by atoms with E-state index in [1.807, 2.05) is 69.4 Å². The van der Waals surface area contributed by atoms with Crippen molar-refractivity contribution in [2.45, 2.75) is 20.8 Å². The van der Waals surface area contributed by atoms with Crippen LogP contribution in [0.1, 0.15) is 31.3 Å². The number of hydrogen-bond acceptors (Lipinski definition) is 5. The number of anilines is 2. The molecule has 3 aromatic carbocycles. The first-order valence-electron chi connectivity index (χ1n) is 11.8. The van der Waals surface area contributed by atoms with E-state index in [2.05, 4.69) is 15.7 Å². The number of para-hydroxylation sites is 1. The summed E-state index contributed by atoms with van der Waals surface area (Å²) in [5, 5.41) is 10.4. The highest BCUT2D eigenvalue weighted by atomic mass is 16.5. The summed E-state index contributed by atoms with van der Waals surface area (Å²) in [5.41, 5.74) is 3.18. The molecule has 4 aromatic rings. The molecule has 37 heavy (non-hydrogen) atoms. The van der Waals surface area contributed by atoms with Crippen molar-refractivity contribution >= 4 is 23.2 Å². The quantitative estimate of drug-likeness (QED) is 0.336. The number of carbonyl (C=O) groups excluding carboxylic acids is 2. The number of hydrogen-bond donors (Lipinski definition) is 2. The van der Waals surface area contributed by atoms with Crippen molar-refractivity contribution < 1.29 is 19.1 Å². The lowest BCUT2D eigenvalue weighted by Crippen LogP contribution is -2.27. The predicted octanol–water partition coefficient (Wildman–Crippen LogP) is 5.79. The Bertz CT molecular complexity index is 1400. The van der Waals surface area contributed by atoms with E-state index < -0.39 is 5.41 Å². The molecule has 0 saturated carbocycles. The number of aromatic nitrogens is 2. The highest BCUT2D eigenvalue weighted by Gasteiger charge is 2.22. The maximum atomic E-state index is 13.4. The summed E-state index contributed by atoms with van der Waals surface area (Å²) in [4.78, 5) is 25.7. The number of ether oxygens (including phenoxy) is 2. The summed E-state index contributed by atoms with van der Waals surface area (Å²) < 4.78 is 12.5. The van der Waals surface area contributed by atoms with Gasteiger partial charge in [0.25, 0.3) is 5.91 Å².